The molecule has 3 nitrogen and oxygen atoms in total. The third-order valence-corrected chi connectivity index (χ3v) is 4.53. The van der Waals surface area contributed by atoms with E-state index in [1.54, 1.807) is 0 Å². The Morgan fingerprint density at radius 2 is 1.83 bits per heavy atom. The van der Waals surface area contributed by atoms with Crippen molar-refractivity contribution in [3.8, 4) is 0 Å². The van der Waals surface area contributed by atoms with Crippen LogP contribution in [0.2, 0.25) is 0 Å². The SMILES string of the molecule is CC1(C)CCC(O)(CNC2=NCCCCC2)CC1. The molecule has 0 spiro atoms. The van der Waals surface area contributed by atoms with E-state index in [4.69, 9.17) is 0 Å². The molecule has 0 aromatic heterocycles. The van der Waals surface area contributed by atoms with Gasteiger partial charge in [0.05, 0.1) is 11.4 Å². The van der Waals surface area contributed by atoms with Crippen molar-refractivity contribution in [2.45, 2.75) is 70.8 Å². The Kier molecular flexibility index (Phi) is 4.31. The van der Waals surface area contributed by atoms with Gasteiger partial charge in [0.15, 0.2) is 0 Å². The number of hydrogen-bond acceptors (Lipinski definition) is 3. The maximum absolute atomic E-state index is 10.6. The summed E-state index contributed by atoms with van der Waals surface area (Å²) >= 11 is 0. The average Bonchev–Trinajstić information content (AvgIpc) is 2.60. The zero-order chi connectivity index (χ0) is 13.1. The molecule has 1 aliphatic carbocycles. The second kappa shape index (κ2) is 5.60. The molecule has 0 radical (unpaired) electrons. The van der Waals surface area contributed by atoms with Crippen LogP contribution in [-0.4, -0.2) is 29.6 Å². The van der Waals surface area contributed by atoms with Crippen LogP contribution in [0.3, 0.4) is 0 Å². The van der Waals surface area contributed by atoms with Crippen molar-refractivity contribution in [1.82, 2.24) is 5.32 Å². The van der Waals surface area contributed by atoms with Gasteiger partial charge in [-0.1, -0.05) is 20.3 Å². The smallest absolute Gasteiger partial charge is 0.0964 e. The van der Waals surface area contributed by atoms with Gasteiger partial charge < -0.3 is 10.4 Å². The molecule has 104 valence electrons. The number of amidine groups is 1. The number of nitrogens with one attached hydrogen (secondary N) is 1. The fourth-order valence-corrected chi connectivity index (χ4v) is 2.85. The molecule has 0 saturated heterocycles. The molecule has 2 rings (SSSR count). The van der Waals surface area contributed by atoms with Crippen LogP contribution >= 0.6 is 0 Å². The maximum Gasteiger partial charge on any atom is 0.0964 e. The molecule has 1 saturated carbocycles. The van der Waals surface area contributed by atoms with Gasteiger partial charge in [-0.15, -0.1) is 0 Å². The molecule has 3 heteroatoms. The fraction of sp³-hybridized carbons (Fsp3) is 0.933. The number of aliphatic hydroxyl groups is 1. The number of aliphatic imine (C=N–C) groups is 1. The molecule has 0 bridgehead atoms. The summed E-state index contributed by atoms with van der Waals surface area (Å²) in [5, 5.41) is 14.0. The van der Waals surface area contributed by atoms with E-state index in [0.717, 1.165) is 44.5 Å². The Hall–Kier alpha value is -0.570. The second-order valence-electron chi connectivity index (χ2n) is 6.88. The van der Waals surface area contributed by atoms with Gasteiger partial charge >= 0.3 is 0 Å². The summed E-state index contributed by atoms with van der Waals surface area (Å²) in [6, 6.07) is 0. The second-order valence-corrected chi connectivity index (χ2v) is 6.88. The van der Waals surface area contributed by atoms with E-state index < -0.39 is 5.60 Å². The molecule has 0 aromatic rings. The molecule has 1 heterocycles. The molecule has 0 atom stereocenters. The monoisotopic (exact) mass is 252 g/mol. The van der Waals surface area contributed by atoms with Crippen molar-refractivity contribution >= 4 is 5.84 Å². The van der Waals surface area contributed by atoms with Crippen molar-refractivity contribution in [3.63, 3.8) is 0 Å². The van der Waals surface area contributed by atoms with E-state index in [1.165, 1.54) is 19.3 Å². The highest BCUT2D eigenvalue weighted by Gasteiger charge is 2.36. The molecule has 0 unspecified atom stereocenters. The van der Waals surface area contributed by atoms with Crippen molar-refractivity contribution in [3.05, 3.63) is 0 Å². The van der Waals surface area contributed by atoms with E-state index in [0.29, 0.717) is 12.0 Å². The molecule has 18 heavy (non-hydrogen) atoms. The summed E-state index contributed by atoms with van der Waals surface area (Å²) in [6.45, 7) is 6.24. The van der Waals surface area contributed by atoms with E-state index in [1.807, 2.05) is 0 Å². The number of rotatable bonds is 2. The average molecular weight is 252 g/mol. The van der Waals surface area contributed by atoms with E-state index in [9.17, 15) is 5.11 Å². The maximum atomic E-state index is 10.6. The number of hydrogen-bond donors (Lipinski definition) is 2. The lowest BCUT2D eigenvalue weighted by Gasteiger charge is -2.40. The third kappa shape index (κ3) is 3.98. The first-order valence-corrected chi connectivity index (χ1v) is 7.49. The van der Waals surface area contributed by atoms with E-state index in [-0.39, 0.29) is 0 Å². The van der Waals surface area contributed by atoms with Crippen LogP contribution in [0.5, 0.6) is 0 Å². The lowest BCUT2D eigenvalue weighted by atomic mass is 9.71. The third-order valence-electron chi connectivity index (χ3n) is 4.53. The molecule has 2 N–H and O–H groups in total. The summed E-state index contributed by atoms with van der Waals surface area (Å²) < 4.78 is 0. The highest BCUT2D eigenvalue weighted by molar-refractivity contribution is 5.82. The first-order valence-electron chi connectivity index (χ1n) is 7.49. The summed E-state index contributed by atoms with van der Waals surface area (Å²) in [7, 11) is 0. The standard InChI is InChI=1S/C15H28N2O/c1-14(2)7-9-15(18,10-8-14)12-17-13-6-4-3-5-11-16-13/h18H,3-12H2,1-2H3,(H,16,17). The summed E-state index contributed by atoms with van der Waals surface area (Å²) in [4.78, 5) is 4.56. The topological polar surface area (TPSA) is 44.6 Å². The molecule has 0 aromatic carbocycles. The van der Waals surface area contributed by atoms with Gasteiger partial charge in [0.2, 0.25) is 0 Å². The van der Waals surface area contributed by atoms with Crippen LogP contribution in [0.1, 0.15) is 65.2 Å². The molecular formula is C15H28N2O. The van der Waals surface area contributed by atoms with Crippen molar-refractivity contribution in [2.75, 3.05) is 13.1 Å². The highest BCUT2D eigenvalue weighted by atomic mass is 16.3. The lowest BCUT2D eigenvalue weighted by molar-refractivity contribution is -0.0212. The van der Waals surface area contributed by atoms with Gasteiger partial charge in [-0.05, 0) is 43.9 Å². The Balaban J connectivity index is 1.80. The minimum Gasteiger partial charge on any atom is -0.388 e. The van der Waals surface area contributed by atoms with Crippen molar-refractivity contribution < 1.29 is 5.11 Å². The quantitative estimate of drug-likeness (QED) is 0.793. The molecule has 1 aliphatic heterocycles. The Morgan fingerprint density at radius 1 is 1.11 bits per heavy atom. The Labute approximate surface area is 111 Å². The van der Waals surface area contributed by atoms with Crippen LogP contribution in [0.4, 0.5) is 0 Å². The summed E-state index contributed by atoms with van der Waals surface area (Å²) in [5.41, 5.74) is -0.101. The first-order chi connectivity index (χ1) is 8.49. The zero-order valence-electron chi connectivity index (χ0n) is 12.0. The van der Waals surface area contributed by atoms with Crippen LogP contribution in [-0.2, 0) is 0 Å². The van der Waals surface area contributed by atoms with Crippen LogP contribution in [0.25, 0.3) is 0 Å². The predicted molar refractivity (Wildman–Crippen MR) is 76.0 cm³/mol. The van der Waals surface area contributed by atoms with Gasteiger partial charge in [-0.2, -0.15) is 0 Å². The van der Waals surface area contributed by atoms with Gasteiger partial charge in [0.1, 0.15) is 0 Å². The Morgan fingerprint density at radius 3 is 2.56 bits per heavy atom. The fourth-order valence-electron chi connectivity index (χ4n) is 2.85. The predicted octanol–water partition coefficient (Wildman–Crippen LogP) is 2.88. The minimum absolute atomic E-state index is 0.409. The molecular weight excluding hydrogens is 224 g/mol. The summed E-state index contributed by atoms with van der Waals surface area (Å²) in [5.74, 6) is 1.12. The van der Waals surface area contributed by atoms with Gasteiger partial charge in [0.25, 0.3) is 0 Å². The zero-order valence-corrected chi connectivity index (χ0v) is 12.0. The van der Waals surface area contributed by atoms with Crippen LogP contribution < -0.4 is 5.32 Å². The van der Waals surface area contributed by atoms with Crippen LogP contribution in [0.15, 0.2) is 4.99 Å². The summed E-state index contributed by atoms with van der Waals surface area (Å²) in [6.07, 6.45) is 8.87. The molecule has 1 fully saturated rings. The van der Waals surface area contributed by atoms with Gasteiger partial charge in [0, 0.05) is 19.5 Å². The van der Waals surface area contributed by atoms with Gasteiger partial charge in [-0.25, -0.2) is 0 Å². The van der Waals surface area contributed by atoms with Crippen molar-refractivity contribution in [1.29, 1.82) is 0 Å². The van der Waals surface area contributed by atoms with Crippen LogP contribution in [0, 0.1) is 5.41 Å². The first kappa shape index (κ1) is 13.9. The largest absolute Gasteiger partial charge is 0.388 e. The van der Waals surface area contributed by atoms with Gasteiger partial charge in [-0.3, -0.25) is 4.99 Å². The number of nitrogens with zero attached hydrogens (tertiary/aromatic N) is 1. The van der Waals surface area contributed by atoms with Crippen molar-refractivity contribution in [2.24, 2.45) is 10.4 Å². The molecule has 0 amide bonds. The molecule has 2 aliphatic rings. The minimum atomic E-state index is -0.510. The lowest BCUT2D eigenvalue weighted by Crippen LogP contribution is -2.46. The normalized spacial score (nSPS) is 27.2. The van der Waals surface area contributed by atoms with E-state index >= 15 is 0 Å². The highest BCUT2D eigenvalue weighted by Crippen LogP contribution is 2.39. The van der Waals surface area contributed by atoms with E-state index in [2.05, 4.69) is 24.2 Å². The Bertz CT molecular complexity index is 300.